The molecule has 1 aromatic heterocycles. The lowest BCUT2D eigenvalue weighted by Crippen LogP contribution is -2.13. The second-order valence-electron chi connectivity index (χ2n) is 6.33. The molecule has 0 saturated heterocycles. The number of anilines is 3. The third kappa shape index (κ3) is 4.35. The van der Waals surface area contributed by atoms with E-state index in [4.69, 9.17) is 0 Å². The molecule has 0 aliphatic rings. The highest BCUT2D eigenvalue weighted by Gasteiger charge is 2.10. The van der Waals surface area contributed by atoms with E-state index in [0.29, 0.717) is 16.9 Å². The number of carbonyl (C=O) groups excluding carboxylic acids is 2. The number of ether oxygens (including phenoxy) is 1. The molecule has 0 spiro atoms. The number of nitrogens with zero attached hydrogens (tertiary/aromatic N) is 1. The highest BCUT2D eigenvalue weighted by molar-refractivity contribution is 6.05. The van der Waals surface area contributed by atoms with Crippen LogP contribution >= 0.6 is 0 Å². The van der Waals surface area contributed by atoms with Crippen molar-refractivity contribution in [2.24, 2.45) is 0 Å². The minimum absolute atomic E-state index is 0.208. The summed E-state index contributed by atoms with van der Waals surface area (Å²) in [6, 6.07) is 15.9. The Morgan fingerprint density at radius 3 is 2.43 bits per heavy atom. The SMILES string of the molecule is COC(=O)c1ccc(Nc2cc(C(=O)Nc3cccc(C)c3C)ccn2)cc1. The average molecular weight is 375 g/mol. The van der Waals surface area contributed by atoms with Gasteiger partial charge in [-0.05, 0) is 67.4 Å². The third-order valence-electron chi connectivity index (χ3n) is 4.45. The van der Waals surface area contributed by atoms with Crippen LogP contribution in [0.25, 0.3) is 0 Å². The molecule has 28 heavy (non-hydrogen) atoms. The standard InChI is InChI=1S/C22H21N3O3/c1-14-5-4-6-19(15(14)2)25-21(26)17-11-12-23-20(13-17)24-18-9-7-16(8-10-18)22(27)28-3/h4-13H,1-3H3,(H,23,24)(H,25,26). The van der Waals surface area contributed by atoms with Crippen LogP contribution < -0.4 is 10.6 Å². The minimum Gasteiger partial charge on any atom is -0.465 e. The normalized spacial score (nSPS) is 10.2. The zero-order valence-corrected chi connectivity index (χ0v) is 15.9. The molecule has 3 rings (SSSR count). The fourth-order valence-corrected chi connectivity index (χ4v) is 2.68. The van der Waals surface area contributed by atoms with Crippen LogP contribution in [0.4, 0.5) is 17.2 Å². The summed E-state index contributed by atoms with van der Waals surface area (Å²) in [5.41, 5.74) is 4.63. The van der Waals surface area contributed by atoms with Gasteiger partial charge in [0.25, 0.3) is 5.91 Å². The summed E-state index contributed by atoms with van der Waals surface area (Å²) in [4.78, 5) is 28.4. The largest absolute Gasteiger partial charge is 0.465 e. The predicted octanol–water partition coefficient (Wildman–Crippen LogP) is 4.48. The van der Waals surface area contributed by atoms with Crippen molar-refractivity contribution in [2.45, 2.75) is 13.8 Å². The molecule has 0 aliphatic carbocycles. The van der Waals surface area contributed by atoms with Crippen molar-refractivity contribution in [1.82, 2.24) is 4.98 Å². The molecular weight excluding hydrogens is 354 g/mol. The lowest BCUT2D eigenvalue weighted by Gasteiger charge is -2.11. The molecule has 1 heterocycles. The van der Waals surface area contributed by atoms with Crippen LogP contribution in [-0.4, -0.2) is 24.0 Å². The summed E-state index contributed by atoms with van der Waals surface area (Å²) >= 11 is 0. The van der Waals surface area contributed by atoms with Crippen LogP contribution in [-0.2, 0) is 4.74 Å². The van der Waals surface area contributed by atoms with Crippen LogP contribution in [0.5, 0.6) is 0 Å². The van der Waals surface area contributed by atoms with Crippen LogP contribution in [0.2, 0.25) is 0 Å². The number of hydrogen-bond acceptors (Lipinski definition) is 5. The van der Waals surface area contributed by atoms with Crippen molar-refractivity contribution in [1.29, 1.82) is 0 Å². The summed E-state index contributed by atoms with van der Waals surface area (Å²) in [5.74, 6) is -0.0746. The second-order valence-corrected chi connectivity index (χ2v) is 6.33. The number of esters is 1. The fraction of sp³-hybridized carbons (Fsp3) is 0.136. The summed E-state index contributed by atoms with van der Waals surface area (Å²) < 4.78 is 4.68. The molecule has 0 unspecified atom stereocenters. The molecule has 6 heteroatoms. The van der Waals surface area contributed by atoms with Gasteiger partial charge in [0.15, 0.2) is 0 Å². The number of hydrogen-bond donors (Lipinski definition) is 2. The van der Waals surface area contributed by atoms with Gasteiger partial charge in [-0.2, -0.15) is 0 Å². The molecular formula is C22H21N3O3. The van der Waals surface area contributed by atoms with Gasteiger partial charge in [0.2, 0.25) is 0 Å². The Hall–Kier alpha value is -3.67. The first-order valence-corrected chi connectivity index (χ1v) is 8.77. The van der Waals surface area contributed by atoms with Crippen molar-refractivity contribution in [3.8, 4) is 0 Å². The number of rotatable bonds is 5. The van der Waals surface area contributed by atoms with Crippen molar-refractivity contribution in [2.75, 3.05) is 17.7 Å². The highest BCUT2D eigenvalue weighted by Crippen LogP contribution is 2.20. The Labute approximate surface area is 163 Å². The van der Waals surface area contributed by atoms with Crippen molar-refractivity contribution in [3.63, 3.8) is 0 Å². The maximum atomic E-state index is 12.6. The van der Waals surface area contributed by atoms with E-state index in [1.165, 1.54) is 7.11 Å². The van der Waals surface area contributed by atoms with Gasteiger partial charge in [-0.3, -0.25) is 4.79 Å². The Balaban J connectivity index is 1.74. The maximum absolute atomic E-state index is 12.6. The zero-order valence-electron chi connectivity index (χ0n) is 15.9. The molecule has 0 atom stereocenters. The van der Waals surface area contributed by atoms with Gasteiger partial charge in [0.1, 0.15) is 5.82 Å². The van der Waals surface area contributed by atoms with Crippen LogP contribution in [0.3, 0.4) is 0 Å². The van der Waals surface area contributed by atoms with Gasteiger partial charge in [-0.25, -0.2) is 9.78 Å². The summed E-state index contributed by atoms with van der Waals surface area (Å²) in [6.45, 7) is 3.98. The first-order chi connectivity index (χ1) is 13.5. The summed E-state index contributed by atoms with van der Waals surface area (Å²) in [7, 11) is 1.34. The van der Waals surface area contributed by atoms with Crippen LogP contribution in [0.15, 0.2) is 60.8 Å². The minimum atomic E-state index is -0.394. The van der Waals surface area contributed by atoms with E-state index in [1.807, 2.05) is 32.0 Å². The number of nitrogens with one attached hydrogen (secondary N) is 2. The molecule has 1 amide bonds. The lowest BCUT2D eigenvalue weighted by molar-refractivity contribution is 0.0600. The monoisotopic (exact) mass is 375 g/mol. The van der Waals surface area contributed by atoms with E-state index in [2.05, 4.69) is 20.4 Å². The number of pyridine rings is 1. The van der Waals surface area contributed by atoms with Crippen molar-refractivity contribution in [3.05, 3.63) is 83.0 Å². The molecule has 142 valence electrons. The second kappa shape index (κ2) is 8.35. The fourth-order valence-electron chi connectivity index (χ4n) is 2.68. The molecule has 0 fully saturated rings. The summed E-state index contributed by atoms with van der Waals surface area (Å²) in [5, 5.41) is 6.06. The molecule has 2 aromatic carbocycles. The Morgan fingerprint density at radius 1 is 0.964 bits per heavy atom. The van der Waals surface area contributed by atoms with Crippen molar-refractivity contribution < 1.29 is 14.3 Å². The predicted molar refractivity (Wildman–Crippen MR) is 109 cm³/mol. The first kappa shape index (κ1) is 19.1. The number of aryl methyl sites for hydroxylation is 1. The van der Waals surface area contributed by atoms with Gasteiger partial charge < -0.3 is 15.4 Å². The van der Waals surface area contributed by atoms with E-state index in [0.717, 1.165) is 22.5 Å². The number of carbonyl (C=O) groups is 2. The van der Waals surface area contributed by atoms with Gasteiger partial charge in [0, 0.05) is 23.1 Å². The Morgan fingerprint density at radius 2 is 1.71 bits per heavy atom. The first-order valence-electron chi connectivity index (χ1n) is 8.77. The number of benzene rings is 2. The smallest absolute Gasteiger partial charge is 0.337 e. The molecule has 0 radical (unpaired) electrons. The number of aromatic nitrogens is 1. The quantitative estimate of drug-likeness (QED) is 0.643. The molecule has 0 saturated carbocycles. The van der Waals surface area contributed by atoms with Crippen LogP contribution in [0.1, 0.15) is 31.8 Å². The average Bonchev–Trinajstić information content (AvgIpc) is 2.71. The molecule has 6 nitrogen and oxygen atoms in total. The van der Waals surface area contributed by atoms with E-state index in [-0.39, 0.29) is 5.91 Å². The highest BCUT2D eigenvalue weighted by atomic mass is 16.5. The van der Waals surface area contributed by atoms with E-state index >= 15 is 0 Å². The molecule has 0 aliphatic heterocycles. The van der Waals surface area contributed by atoms with E-state index in [1.54, 1.807) is 42.6 Å². The van der Waals surface area contributed by atoms with Crippen molar-refractivity contribution >= 4 is 29.1 Å². The Bertz CT molecular complexity index is 1010. The molecule has 2 N–H and O–H groups in total. The third-order valence-corrected chi connectivity index (χ3v) is 4.45. The van der Waals surface area contributed by atoms with E-state index in [9.17, 15) is 9.59 Å². The number of methoxy groups -OCH3 is 1. The van der Waals surface area contributed by atoms with Crippen LogP contribution in [0, 0.1) is 13.8 Å². The molecule has 3 aromatic rings. The van der Waals surface area contributed by atoms with E-state index < -0.39 is 5.97 Å². The van der Waals surface area contributed by atoms with Gasteiger partial charge in [-0.1, -0.05) is 12.1 Å². The maximum Gasteiger partial charge on any atom is 0.337 e. The van der Waals surface area contributed by atoms with Gasteiger partial charge >= 0.3 is 5.97 Å². The van der Waals surface area contributed by atoms with Gasteiger partial charge in [0.05, 0.1) is 12.7 Å². The lowest BCUT2D eigenvalue weighted by atomic mass is 10.1. The topological polar surface area (TPSA) is 80.3 Å². The Kier molecular flexibility index (Phi) is 5.69. The molecule has 0 bridgehead atoms. The van der Waals surface area contributed by atoms with Gasteiger partial charge in [-0.15, -0.1) is 0 Å². The number of amides is 1. The summed E-state index contributed by atoms with van der Waals surface area (Å²) in [6.07, 6.45) is 1.57. The zero-order chi connectivity index (χ0) is 20.1.